The summed E-state index contributed by atoms with van der Waals surface area (Å²) in [4.78, 5) is 26.1. The maximum absolute atomic E-state index is 12.9. The van der Waals surface area contributed by atoms with Crippen LogP contribution >= 0.6 is 11.3 Å². The average molecular weight is 407 g/mol. The molecule has 1 aromatic heterocycles. The van der Waals surface area contributed by atoms with Gasteiger partial charge in [-0.1, -0.05) is 31.2 Å². The van der Waals surface area contributed by atoms with Crippen molar-refractivity contribution in [2.75, 3.05) is 5.32 Å². The molecular weight excluding hydrogens is 384 g/mol. The first-order valence-corrected chi connectivity index (χ1v) is 10.4. The van der Waals surface area contributed by atoms with Gasteiger partial charge >= 0.3 is 0 Å². The Balaban J connectivity index is 1.57. The zero-order valence-electron chi connectivity index (χ0n) is 16.1. The van der Waals surface area contributed by atoms with Gasteiger partial charge in [0, 0.05) is 10.4 Å². The number of anilines is 1. The summed E-state index contributed by atoms with van der Waals surface area (Å²) in [5.74, 6) is 0.982. The van der Waals surface area contributed by atoms with E-state index in [0.717, 1.165) is 29.7 Å². The number of fused-ring (bicyclic) bond motifs is 1. The summed E-state index contributed by atoms with van der Waals surface area (Å²) < 4.78 is 5.81. The molecule has 6 heteroatoms. The Labute approximate surface area is 173 Å². The van der Waals surface area contributed by atoms with Gasteiger partial charge in [-0.3, -0.25) is 9.59 Å². The van der Waals surface area contributed by atoms with E-state index >= 15 is 0 Å². The van der Waals surface area contributed by atoms with E-state index in [1.54, 1.807) is 24.3 Å². The van der Waals surface area contributed by atoms with Crippen LogP contribution in [0.1, 0.15) is 44.5 Å². The molecule has 0 saturated heterocycles. The Morgan fingerprint density at radius 3 is 2.62 bits per heavy atom. The normalized spacial score (nSPS) is 15.4. The molecule has 0 unspecified atom stereocenters. The molecule has 2 aromatic carbocycles. The first-order chi connectivity index (χ1) is 14.0. The van der Waals surface area contributed by atoms with Crippen LogP contribution in [0.4, 0.5) is 5.00 Å². The summed E-state index contributed by atoms with van der Waals surface area (Å²) in [5, 5.41) is 3.43. The van der Waals surface area contributed by atoms with E-state index in [1.807, 2.05) is 30.3 Å². The number of hydrogen-bond acceptors (Lipinski definition) is 4. The minimum Gasteiger partial charge on any atom is -0.457 e. The highest BCUT2D eigenvalue weighted by Gasteiger charge is 2.27. The van der Waals surface area contributed by atoms with Gasteiger partial charge in [-0.15, -0.1) is 11.3 Å². The number of rotatable bonds is 5. The zero-order chi connectivity index (χ0) is 20.4. The highest BCUT2D eigenvalue weighted by molar-refractivity contribution is 7.17. The number of amides is 2. The number of nitrogens with one attached hydrogen (secondary N) is 1. The number of aryl methyl sites for hydroxylation is 1. The van der Waals surface area contributed by atoms with E-state index in [-0.39, 0.29) is 5.91 Å². The van der Waals surface area contributed by atoms with Crippen molar-refractivity contribution in [1.29, 1.82) is 0 Å². The van der Waals surface area contributed by atoms with Crippen molar-refractivity contribution in [3.8, 4) is 11.5 Å². The maximum atomic E-state index is 12.9. The second-order valence-corrected chi connectivity index (χ2v) is 8.42. The molecule has 5 nitrogen and oxygen atoms in total. The molecule has 1 heterocycles. The lowest BCUT2D eigenvalue weighted by Gasteiger charge is -2.18. The molecule has 1 aliphatic rings. The molecule has 0 saturated carbocycles. The van der Waals surface area contributed by atoms with Crippen molar-refractivity contribution in [1.82, 2.24) is 0 Å². The minimum atomic E-state index is -0.493. The highest BCUT2D eigenvalue weighted by atomic mass is 32.1. The molecular formula is C23H22N2O3S. The number of thiophene rings is 1. The van der Waals surface area contributed by atoms with Gasteiger partial charge in [0.1, 0.15) is 16.5 Å². The average Bonchev–Trinajstić information content (AvgIpc) is 3.06. The SMILES string of the molecule is C[C@@H]1CCc2sc(NC(=O)c3cccc(Oc4ccccc4)c3)c(C(N)=O)c2C1. The lowest BCUT2D eigenvalue weighted by Crippen LogP contribution is -2.19. The third-order valence-electron chi connectivity index (χ3n) is 5.06. The van der Waals surface area contributed by atoms with Crippen LogP contribution < -0.4 is 15.8 Å². The molecule has 3 aromatic rings. The molecule has 0 radical (unpaired) electrons. The smallest absolute Gasteiger partial charge is 0.256 e. The Morgan fingerprint density at radius 2 is 1.86 bits per heavy atom. The second kappa shape index (κ2) is 8.09. The molecule has 29 heavy (non-hydrogen) atoms. The molecule has 148 valence electrons. The topological polar surface area (TPSA) is 81.4 Å². The molecule has 4 rings (SSSR count). The van der Waals surface area contributed by atoms with Gasteiger partial charge in [0.25, 0.3) is 11.8 Å². The molecule has 2 amide bonds. The van der Waals surface area contributed by atoms with Gasteiger partial charge in [-0.05, 0) is 61.1 Å². The second-order valence-electron chi connectivity index (χ2n) is 7.32. The molecule has 3 N–H and O–H groups in total. The summed E-state index contributed by atoms with van der Waals surface area (Å²) in [7, 11) is 0. The quantitative estimate of drug-likeness (QED) is 0.624. The lowest BCUT2D eigenvalue weighted by molar-refractivity contribution is 0.1000. The van der Waals surface area contributed by atoms with E-state index in [0.29, 0.717) is 33.5 Å². The summed E-state index contributed by atoms with van der Waals surface area (Å²) in [6, 6.07) is 16.3. The highest BCUT2D eigenvalue weighted by Crippen LogP contribution is 2.39. The molecule has 0 spiro atoms. The summed E-state index contributed by atoms with van der Waals surface area (Å²) >= 11 is 1.46. The molecule has 1 aliphatic carbocycles. The lowest BCUT2D eigenvalue weighted by atomic mass is 9.87. The number of ether oxygens (including phenoxy) is 1. The Bertz CT molecular complexity index is 1060. The van der Waals surface area contributed by atoms with E-state index in [9.17, 15) is 9.59 Å². The van der Waals surface area contributed by atoms with E-state index in [4.69, 9.17) is 10.5 Å². The monoisotopic (exact) mass is 406 g/mol. The van der Waals surface area contributed by atoms with Gasteiger partial charge in [0.15, 0.2) is 0 Å². The van der Waals surface area contributed by atoms with Crippen molar-refractivity contribution in [2.45, 2.75) is 26.2 Å². The van der Waals surface area contributed by atoms with Crippen molar-refractivity contribution in [2.24, 2.45) is 11.7 Å². The number of primary amides is 1. The fraction of sp³-hybridized carbons (Fsp3) is 0.217. The van der Waals surface area contributed by atoms with Crippen LogP contribution in [0.3, 0.4) is 0 Å². The van der Waals surface area contributed by atoms with Crippen LogP contribution in [0.2, 0.25) is 0 Å². The van der Waals surface area contributed by atoms with Crippen molar-refractivity contribution < 1.29 is 14.3 Å². The number of carbonyl (C=O) groups excluding carboxylic acids is 2. The third kappa shape index (κ3) is 4.17. The van der Waals surface area contributed by atoms with Crippen LogP contribution in [0.15, 0.2) is 54.6 Å². The predicted octanol–water partition coefficient (Wildman–Crippen LogP) is 5.02. The van der Waals surface area contributed by atoms with E-state index in [1.165, 1.54) is 11.3 Å². The van der Waals surface area contributed by atoms with E-state index in [2.05, 4.69) is 12.2 Å². The zero-order valence-corrected chi connectivity index (χ0v) is 16.9. The van der Waals surface area contributed by atoms with Gasteiger partial charge in [0.05, 0.1) is 5.56 Å². The molecule has 1 atom stereocenters. The fourth-order valence-electron chi connectivity index (χ4n) is 3.61. The Morgan fingerprint density at radius 1 is 1.10 bits per heavy atom. The van der Waals surface area contributed by atoms with Gasteiger partial charge in [-0.25, -0.2) is 0 Å². The van der Waals surface area contributed by atoms with Gasteiger partial charge in [0.2, 0.25) is 0 Å². The van der Waals surface area contributed by atoms with Crippen molar-refractivity contribution >= 4 is 28.2 Å². The van der Waals surface area contributed by atoms with Crippen molar-refractivity contribution in [3.05, 3.63) is 76.2 Å². The van der Waals surface area contributed by atoms with Crippen LogP contribution in [0, 0.1) is 5.92 Å². The summed E-state index contributed by atoms with van der Waals surface area (Å²) in [6.07, 6.45) is 2.82. The summed E-state index contributed by atoms with van der Waals surface area (Å²) in [6.45, 7) is 2.17. The molecule has 0 aliphatic heterocycles. The number of nitrogens with two attached hydrogens (primary N) is 1. The van der Waals surface area contributed by atoms with Gasteiger partial charge in [-0.2, -0.15) is 0 Å². The Hall–Kier alpha value is -3.12. The Kier molecular flexibility index (Phi) is 5.36. The van der Waals surface area contributed by atoms with Crippen molar-refractivity contribution in [3.63, 3.8) is 0 Å². The summed E-state index contributed by atoms with van der Waals surface area (Å²) in [5.41, 5.74) is 7.56. The largest absolute Gasteiger partial charge is 0.457 e. The van der Waals surface area contributed by atoms with Crippen LogP contribution in [0.5, 0.6) is 11.5 Å². The number of hydrogen-bond donors (Lipinski definition) is 2. The van der Waals surface area contributed by atoms with E-state index < -0.39 is 5.91 Å². The van der Waals surface area contributed by atoms with Crippen LogP contribution in [-0.4, -0.2) is 11.8 Å². The van der Waals surface area contributed by atoms with Crippen LogP contribution in [-0.2, 0) is 12.8 Å². The molecule has 0 fully saturated rings. The number of carbonyl (C=O) groups is 2. The number of benzene rings is 2. The standard InChI is InChI=1S/C23H22N2O3S/c1-14-10-11-19-18(12-14)20(21(24)26)23(29-19)25-22(27)15-6-5-9-17(13-15)28-16-7-3-2-4-8-16/h2-9,13-14H,10-12H2,1H3,(H2,24,26)(H,25,27)/t14-/m1/s1. The third-order valence-corrected chi connectivity index (χ3v) is 6.26. The fourth-order valence-corrected chi connectivity index (χ4v) is 4.85. The first-order valence-electron chi connectivity index (χ1n) is 9.60. The van der Waals surface area contributed by atoms with Gasteiger partial charge < -0.3 is 15.8 Å². The number of para-hydroxylation sites is 1. The maximum Gasteiger partial charge on any atom is 0.256 e. The first kappa shape index (κ1) is 19.2. The molecule has 0 bridgehead atoms. The predicted molar refractivity (Wildman–Crippen MR) is 115 cm³/mol. The van der Waals surface area contributed by atoms with Crippen LogP contribution in [0.25, 0.3) is 0 Å². The minimum absolute atomic E-state index is 0.294.